The summed E-state index contributed by atoms with van der Waals surface area (Å²) in [5.41, 5.74) is 1.20. The van der Waals surface area contributed by atoms with Crippen LogP contribution in [0, 0.1) is 6.92 Å². The zero-order chi connectivity index (χ0) is 22.3. The maximum Gasteiger partial charge on any atom is 0.264 e. The van der Waals surface area contributed by atoms with E-state index in [0.29, 0.717) is 12.3 Å². The van der Waals surface area contributed by atoms with Gasteiger partial charge in [-0.25, -0.2) is 8.42 Å². The summed E-state index contributed by atoms with van der Waals surface area (Å²) in [6, 6.07) is 23.0. The molecule has 0 spiro atoms. The Bertz CT molecular complexity index is 1120. The molecule has 0 radical (unpaired) electrons. The van der Waals surface area contributed by atoms with Crippen molar-refractivity contribution in [3.05, 3.63) is 89.4 Å². The van der Waals surface area contributed by atoms with E-state index in [9.17, 15) is 13.2 Å². The van der Waals surface area contributed by atoms with Crippen molar-refractivity contribution in [1.82, 2.24) is 5.32 Å². The maximum atomic E-state index is 13.3. The molecule has 0 aliphatic rings. The minimum absolute atomic E-state index is 0.102. The largest absolute Gasteiger partial charge is 0.354 e. The minimum Gasteiger partial charge on any atom is -0.354 e. The first-order valence-electron chi connectivity index (χ1n) is 9.66. The monoisotopic (exact) mass is 474 g/mol. The normalized spacial score (nSPS) is 11.2. The first-order valence-corrected chi connectivity index (χ1v) is 12.5. The fraction of sp³-hybridized carbons (Fsp3) is 0.174. The molecule has 3 rings (SSSR count). The van der Waals surface area contributed by atoms with Gasteiger partial charge in [0.2, 0.25) is 5.91 Å². The lowest BCUT2D eigenvalue weighted by Gasteiger charge is -2.25. The number of para-hydroxylation sites is 1. The van der Waals surface area contributed by atoms with Gasteiger partial charge in [0, 0.05) is 17.2 Å². The van der Waals surface area contributed by atoms with Gasteiger partial charge in [-0.2, -0.15) is 0 Å². The molecule has 3 aromatic rings. The highest BCUT2D eigenvalue weighted by Gasteiger charge is 2.28. The van der Waals surface area contributed by atoms with E-state index in [1.54, 1.807) is 48.2 Å². The SMILES string of the molecule is Cc1ccc(S(=O)(=O)N(CC(=O)NCCSc2ccccc2)c2ccccc2Cl)cc1. The second kappa shape index (κ2) is 10.7. The summed E-state index contributed by atoms with van der Waals surface area (Å²) >= 11 is 7.89. The second-order valence-electron chi connectivity index (χ2n) is 6.79. The number of carbonyl (C=O) groups excluding carboxylic acids is 1. The summed E-state index contributed by atoms with van der Waals surface area (Å²) in [6.07, 6.45) is 0. The number of hydrogen-bond donors (Lipinski definition) is 1. The van der Waals surface area contributed by atoms with Gasteiger partial charge in [-0.3, -0.25) is 9.10 Å². The van der Waals surface area contributed by atoms with Crippen molar-refractivity contribution in [1.29, 1.82) is 0 Å². The zero-order valence-corrected chi connectivity index (χ0v) is 19.4. The summed E-state index contributed by atoms with van der Waals surface area (Å²) in [5, 5.41) is 3.05. The van der Waals surface area contributed by atoms with Gasteiger partial charge in [0.1, 0.15) is 6.54 Å². The van der Waals surface area contributed by atoms with Crippen molar-refractivity contribution in [3.8, 4) is 0 Å². The summed E-state index contributed by atoms with van der Waals surface area (Å²) < 4.78 is 27.7. The van der Waals surface area contributed by atoms with E-state index in [0.717, 1.165) is 14.8 Å². The van der Waals surface area contributed by atoms with Crippen LogP contribution in [0.1, 0.15) is 5.56 Å². The molecule has 31 heavy (non-hydrogen) atoms. The van der Waals surface area contributed by atoms with Crippen molar-refractivity contribution < 1.29 is 13.2 Å². The lowest BCUT2D eigenvalue weighted by Crippen LogP contribution is -2.41. The number of nitrogens with zero attached hydrogens (tertiary/aromatic N) is 1. The van der Waals surface area contributed by atoms with Gasteiger partial charge in [0.15, 0.2) is 0 Å². The smallest absolute Gasteiger partial charge is 0.264 e. The summed E-state index contributed by atoms with van der Waals surface area (Å²) in [7, 11) is -3.98. The predicted octanol–water partition coefficient (Wildman–Crippen LogP) is 4.75. The van der Waals surface area contributed by atoms with Crippen LogP contribution in [-0.2, 0) is 14.8 Å². The Balaban J connectivity index is 1.73. The maximum absolute atomic E-state index is 13.3. The molecule has 3 aromatic carbocycles. The van der Waals surface area contributed by atoms with Crippen molar-refractivity contribution in [2.24, 2.45) is 0 Å². The van der Waals surface area contributed by atoms with Crippen molar-refractivity contribution in [2.75, 3.05) is 23.1 Å². The van der Waals surface area contributed by atoms with Crippen LogP contribution in [0.25, 0.3) is 0 Å². The minimum atomic E-state index is -3.98. The summed E-state index contributed by atoms with van der Waals surface area (Å²) in [4.78, 5) is 13.8. The summed E-state index contributed by atoms with van der Waals surface area (Å²) in [6.45, 7) is 1.93. The molecule has 0 aromatic heterocycles. The van der Waals surface area contributed by atoms with Gasteiger partial charge in [0.05, 0.1) is 15.6 Å². The zero-order valence-electron chi connectivity index (χ0n) is 17.0. The number of halogens is 1. The van der Waals surface area contributed by atoms with Gasteiger partial charge in [-0.15, -0.1) is 11.8 Å². The molecule has 0 atom stereocenters. The van der Waals surface area contributed by atoms with Gasteiger partial charge >= 0.3 is 0 Å². The molecule has 0 aliphatic carbocycles. The van der Waals surface area contributed by atoms with Crippen LogP contribution in [0.15, 0.2) is 88.7 Å². The molecule has 0 bridgehead atoms. The standard InChI is InChI=1S/C23H23ClN2O3S2/c1-18-11-13-20(14-12-18)31(28,29)26(22-10-6-5-9-21(22)24)17-23(27)25-15-16-30-19-7-3-2-4-8-19/h2-14H,15-17H2,1H3,(H,25,27). The Morgan fingerprint density at radius 2 is 1.61 bits per heavy atom. The highest BCUT2D eigenvalue weighted by Crippen LogP contribution is 2.30. The molecule has 1 amide bonds. The first kappa shape index (κ1) is 23.2. The number of rotatable bonds is 9. The molecule has 8 heteroatoms. The van der Waals surface area contributed by atoms with E-state index in [1.807, 2.05) is 37.3 Å². The van der Waals surface area contributed by atoms with Crippen LogP contribution >= 0.6 is 23.4 Å². The Morgan fingerprint density at radius 1 is 0.968 bits per heavy atom. The van der Waals surface area contributed by atoms with Crippen molar-refractivity contribution >= 4 is 45.0 Å². The number of anilines is 1. The van der Waals surface area contributed by atoms with Gasteiger partial charge in [-0.05, 0) is 43.3 Å². The van der Waals surface area contributed by atoms with Crippen molar-refractivity contribution in [3.63, 3.8) is 0 Å². The van der Waals surface area contributed by atoms with Gasteiger partial charge < -0.3 is 5.32 Å². The van der Waals surface area contributed by atoms with Crippen LogP contribution in [-0.4, -0.2) is 33.2 Å². The van der Waals surface area contributed by atoms with E-state index in [4.69, 9.17) is 11.6 Å². The molecule has 5 nitrogen and oxygen atoms in total. The first-order chi connectivity index (χ1) is 14.9. The third-order valence-electron chi connectivity index (χ3n) is 4.45. The number of aryl methyl sites for hydroxylation is 1. The van der Waals surface area contributed by atoms with E-state index >= 15 is 0 Å². The average molecular weight is 475 g/mol. The number of benzene rings is 3. The van der Waals surface area contributed by atoms with Crippen LogP contribution in [0.3, 0.4) is 0 Å². The number of nitrogens with one attached hydrogen (secondary N) is 1. The Hall–Kier alpha value is -2.48. The highest BCUT2D eigenvalue weighted by atomic mass is 35.5. The lowest BCUT2D eigenvalue weighted by molar-refractivity contribution is -0.119. The van der Waals surface area contributed by atoms with Crippen LogP contribution in [0.4, 0.5) is 5.69 Å². The van der Waals surface area contributed by atoms with Crippen LogP contribution in [0.5, 0.6) is 0 Å². The number of carbonyl (C=O) groups is 1. The number of hydrogen-bond acceptors (Lipinski definition) is 4. The number of amides is 1. The fourth-order valence-electron chi connectivity index (χ4n) is 2.85. The molecule has 1 N–H and O–H groups in total. The van der Waals surface area contributed by atoms with Crippen LogP contribution < -0.4 is 9.62 Å². The van der Waals surface area contributed by atoms with Gasteiger partial charge in [0.25, 0.3) is 10.0 Å². The predicted molar refractivity (Wildman–Crippen MR) is 127 cm³/mol. The second-order valence-corrected chi connectivity index (χ2v) is 10.2. The lowest BCUT2D eigenvalue weighted by atomic mass is 10.2. The molecular formula is C23H23ClN2O3S2. The molecule has 0 aliphatic heterocycles. The number of sulfonamides is 1. The third kappa shape index (κ3) is 6.26. The van der Waals surface area contributed by atoms with E-state index in [1.165, 1.54) is 12.1 Å². The van der Waals surface area contributed by atoms with E-state index in [-0.39, 0.29) is 22.2 Å². The van der Waals surface area contributed by atoms with Gasteiger partial charge in [-0.1, -0.05) is 59.6 Å². The Labute approximate surface area is 192 Å². The Kier molecular flexibility index (Phi) is 8.01. The van der Waals surface area contributed by atoms with E-state index in [2.05, 4.69) is 5.32 Å². The molecule has 0 heterocycles. The topological polar surface area (TPSA) is 66.5 Å². The van der Waals surface area contributed by atoms with Crippen molar-refractivity contribution in [2.45, 2.75) is 16.7 Å². The molecule has 0 saturated carbocycles. The quantitative estimate of drug-likeness (QED) is 0.359. The fourth-order valence-corrected chi connectivity index (χ4v) is 5.37. The number of thioether (sulfide) groups is 1. The molecule has 162 valence electrons. The average Bonchev–Trinajstić information content (AvgIpc) is 2.77. The summed E-state index contributed by atoms with van der Waals surface area (Å²) in [5.74, 6) is 0.274. The molecular weight excluding hydrogens is 452 g/mol. The van der Waals surface area contributed by atoms with E-state index < -0.39 is 15.9 Å². The highest BCUT2D eigenvalue weighted by molar-refractivity contribution is 7.99. The molecule has 0 saturated heterocycles. The van der Waals surface area contributed by atoms with Crippen LogP contribution in [0.2, 0.25) is 5.02 Å². The third-order valence-corrected chi connectivity index (χ3v) is 7.56. The molecule has 0 unspecified atom stereocenters. The Morgan fingerprint density at radius 3 is 2.29 bits per heavy atom. The molecule has 0 fully saturated rings.